The Morgan fingerprint density at radius 1 is 1.29 bits per heavy atom. The van der Waals surface area contributed by atoms with E-state index in [1.165, 1.54) is 0 Å². The number of hydrogen-bond donors (Lipinski definition) is 1. The van der Waals surface area contributed by atoms with Crippen LogP contribution in [0.1, 0.15) is 12.5 Å². The quantitative estimate of drug-likeness (QED) is 0.744. The van der Waals surface area contributed by atoms with Crippen LogP contribution in [0.4, 0.5) is 0 Å². The van der Waals surface area contributed by atoms with Crippen molar-refractivity contribution in [2.45, 2.75) is 13.3 Å². The number of aromatic nitrogens is 3. The summed E-state index contributed by atoms with van der Waals surface area (Å²) >= 11 is 0. The highest BCUT2D eigenvalue weighted by atomic mass is 16.1. The van der Waals surface area contributed by atoms with Gasteiger partial charge in [0, 0.05) is 17.3 Å². The highest BCUT2D eigenvalue weighted by Crippen LogP contribution is 2.21. The van der Waals surface area contributed by atoms with Crippen molar-refractivity contribution in [1.82, 2.24) is 15.0 Å². The van der Waals surface area contributed by atoms with Crippen molar-refractivity contribution < 1.29 is 4.79 Å². The third-order valence-electron chi connectivity index (χ3n) is 3.22. The van der Waals surface area contributed by atoms with E-state index in [1.807, 2.05) is 42.6 Å². The van der Waals surface area contributed by atoms with Gasteiger partial charge in [0.05, 0.1) is 11.9 Å². The van der Waals surface area contributed by atoms with E-state index in [9.17, 15) is 4.79 Å². The third kappa shape index (κ3) is 2.89. The Morgan fingerprint density at radius 2 is 2.10 bits per heavy atom. The molecule has 0 bridgehead atoms. The van der Waals surface area contributed by atoms with E-state index < -0.39 is 0 Å². The lowest BCUT2D eigenvalue weighted by molar-refractivity contribution is -0.112. The molecule has 0 fully saturated rings. The maximum Gasteiger partial charge on any atom is 0.156 e. The van der Waals surface area contributed by atoms with Gasteiger partial charge >= 0.3 is 0 Å². The van der Waals surface area contributed by atoms with Crippen molar-refractivity contribution in [2.24, 2.45) is 0 Å². The molecule has 104 valence electrons. The third-order valence-corrected chi connectivity index (χ3v) is 3.22. The first kappa shape index (κ1) is 13.2. The molecule has 0 amide bonds. The molecule has 4 nitrogen and oxygen atoms in total. The molecule has 0 radical (unpaired) electrons. The van der Waals surface area contributed by atoms with Gasteiger partial charge in [0.1, 0.15) is 5.52 Å². The van der Waals surface area contributed by atoms with Crippen LogP contribution in [0.2, 0.25) is 0 Å². The van der Waals surface area contributed by atoms with Crippen molar-refractivity contribution in [3.8, 4) is 11.3 Å². The van der Waals surface area contributed by atoms with Crippen molar-refractivity contribution in [3.63, 3.8) is 0 Å². The summed E-state index contributed by atoms with van der Waals surface area (Å²) < 4.78 is 0. The van der Waals surface area contributed by atoms with Crippen LogP contribution in [0.3, 0.4) is 0 Å². The summed E-state index contributed by atoms with van der Waals surface area (Å²) in [6.07, 6.45) is 7.74. The van der Waals surface area contributed by atoms with Crippen molar-refractivity contribution in [1.29, 1.82) is 0 Å². The van der Waals surface area contributed by atoms with Crippen LogP contribution in [-0.2, 0) is 11.2 Å². The zero-order valence-electron chi connectivity index (χ0n) is 11.7. The predicted molar refractivity (Wildman–Crippen MR) is 82.8 cm³/mol. The predicted octanol–water partition coefficient (Wildman–Crippen LogP) is 3.31. The Labute approximate surface area is 122 Å². The lowest BCUT2D eigenvalue weighted by Gasteiger charge is -2.01. The summed E-state index contributed by atoms with van der Waals surface area (Å²) in [4.78, 5) is 23.2. The number of ketones is 1. The Balaban J connectivity index is 1.98. The fraction of sp³-hybridized carbons (Fsp3) is 0.118. The molecular formula is C17H15N3O. The first-order valence-electron chi connectivity index (χ1n) is 6.79. The fourth-order valence-electron chi connectivity index (χ4n) is 2.20. The summed E-state index contributed by atoms with van der Waals surface area (Å²) in [6.45, 7) is 1.54. The molecule has 2 heterocycles. The summed E-state index contributed by atoms with van der Waals surface area (Å²) in [5.74, 6) is 0.0471. The Kier molecular flexibility index (Phi) is 3.60. The topological polar surface area (TPSA) is 58.6 Å². The molecule has 2 aromatic heterocycles. The largest absolute Gasteiger partial charge is 0.345 e. The number of allylic oxidation sites excluding steroid dienone is 2. The number of H-pyrrole nitrogens is 1. The number of benzene rings is 1. The molecule has 0 saturated heterocycles. The van der Waals surface area contributed by atoms with Gasteiger partial charge in [-0.05, 0) is 19.4 Å². The van der Waals surface area contributed by atoms with Crippen LogP contribution in [-0.4, -0.2) is 20.7 Å². The van der Waals surface area contributed by atoms with Gasteiger partial charge < -0.3 is 4.98 Å². The molecule has 1 aromatic carbocycles. The molecule has 3 aromatic rings. The minimum atomic E-state index is 0.0471. The second-order valence-electron chi connectivity index (χ2n) is 4.85. The van der Waals surface area contributed by atoms with Crippen LogP contribution in [0.5, 0.6) is 0 Å². The molecule has 3 rings (SSSR count). The number of carbonyl (C=O) groups excluding carboxylic acids is 1. The highest BCUT2D eigenvalue weighted by Gasteiger charge is 2.07. The van der Waals surface area contributed by atoms with E-state index in [-0.39, 0.29) is 5.78 Å². The minimum absolute atomic E-state index is 0.0471. The second-order valence-corrected chi connectivity index (χ2v) is 4.85. The molecule has 21 heavy (non-hydrogen) atoms. The minimum Gasteiger partial charge on any atom is -0.345 e. The van der Waals surface area contributed by atoms with Gasteiger partial charge in [0.25, 0.3) is 0 Å². The normalized spacial score (nSPS) is 11.3. The zero-order chi connectivity index (χ0) is 14.7. The summed E-state index contributed by atoms with van der Waals surface area (Å²) in [6, 6.07) is 9.96. The molecule has 0 saturated carbocycles. The van der Waals surface area contributed by atoms with Gasteiger partial charge in [-0.2, -0.15) is 0 Å². The number of nitrogens with one attached hydrogen (secondary N) is 1. The van der Waals surface area contributed by atoms with E-state index in [4.69, 9.17) is 4.98 Å². The number of fused-ring (bicyclic) bond motifs is 1. The SMILES string of the molecule is CC(=O)/C=C/Cc1c[nH]c2ncc(-c3ccccc3)nc12. The zero-order valence-corrected chi connectivity index (χ0v) is 11.7. The number of nitrogens with zero attached hydrogens (tertiary/aromatic N) is 2. The molecular weight excluding hydrogens is 262 g/mol. The monoisotopic (exact) mass is 277 g/mol. The summed E-state index contributed by atoms with van der Waals surface area (Å²) in [5, 5.41) is 0. The maximum absolute atomic E-state index is 11.0. The molecule has 0 unspecified atom stereocenters. The van der Waals surface area contributed by atoms with Gasteiger partial charge in [-0.15, -0.1) is 0 Å². The van der Waals surface area contributed by atoms with E-state index in [1.54, 1.807) is 19.2 Å². The molecule has 1 N–H and O–H groups in total. The van der Waals surface area contributed by atoms with Crippen LogP contribution < -0.4 is 0 Å². The number of hydrogen-bond acceptors (Lipinski definition) is 3. The number of carbonyl (C=O) groups is 1. The first-order chi connectivity index (χ1) is 10.2. The molecule has 0 aliphatic heterocycles. The van der Waals surface area contributed by atoms with Gasteiger partial charge in [0.15, 0.2) is 11.4 Å². The van der Waals surface area contributed by atoms with E-state index >= 15 is 0 Å². The van der Waals surface area contributed by atoms with E-state index in [0.717, 1.165) is 28.0 Å². The smallest absolute Gasteiger partial charge is 0.156 e. The van der Waals surface area contributed by atoms with Crippen molar-refractivity contribution in [2.75, 3.05) is 0 Å². The highest BCUT2D eigenvalue weighted by molar-refractivity contribution is 5.87. The average Bonchev–Trinajstić information content (AvgIpc) is 2.90. The van der Waals surface area contributed by atoms with E-state index in [0.29, 0.717) is 6.42 Å². The van der Waals surface area contributed by atoms with Crippen LogP contribution in [0.25, 0.3) is 22.4 Å². The Morgan fingerprint density at radius 3 is 2.86 bits per heavy atom. The molecule has 0 atom stereocenters. The second kappa shape index (κ2) is 5.71. The molecule has 0 spiro atoms. The molecule has 4 heteroatoms. The van der Waals surface area contributed by atoms with Gasteiger partial charge in [0.2, 0.25) is 0 Å². The van der Waals surface area contributed by atoms with Crippen LogP contribution >= 0.6 is 0 Å². The first-order valence-corrected chi connectivity index (χ1v) is 6.79. The molecule has 0 aliphatic carbocycles. The van der Waals surface area contributed by atoms with E-state index in [2.05, 4.69) is 9.97 Å². The van der Waals surface area contributed by atoms with Gasteiger partial charge in [-0.25, -0.2) is 9.97 Å². The van der Waals surface area contributed by atoms with Crippen LogP contribution in [0.15, 0.2) is 54.9 Å². The summed E-state index contributed by atoms with van der Waals surface area (Å²) in [5.41, 5.74) is 4.54. The van der Waals surface area contributed by atoms with Crippen molar-refractivity contribution in [3.05, 3.63) is 60.4 Å². The lowest BCUT2D eigenvalue weighted by atomic mass is 10.1. The average molecular weight is 277 g/mol. The van der Waals surface area contributed by atoms with Gasteiger partial charge in [-0.1, -0.05) is 36.4 Å². The number of aromatic amines is 1. The fourth-order valence-corrected chi connectivity index (χ4v) is 2.20. The lowest BCUT2D eigenvalue weighted by Crippen LogP contribution is -1.89. The number of rotatable bonds is 4. The summed E-state index contributed by atoms with van der Waals surface area (Å²) in [7, 11) is 0. The van der Waals surface area contributed by atoms with Gasteiger partial charge in [-0.3, -0.25) is 4.79 Å². The maximum atomic E-state index is 11.0. The Bertz CT molecular complexity index is 803. The Hall–Kier alpha value is -2.75. The standard InChI is InChI=1S/C17H15N3O/c1-12(21)6-5-9-14-10-18-17-16(14)20-15(11-19-17)13-7-3-2-4-8-13/h2-8,10-11H,9H2,1H3,(H,18,19)/b6-5+. The van der Waals surface area contributed by atoms with Crippen molar-refractivity contribution >= 4 is 16.9 Å². The molecule has 0 aliphatic rings. The van der Waals surface area contributed by atoms with Crippen LogP contribution in [0, 0.1) is 0 Å².